The molecular formula is C10H24F2SSn2. The number of allylic oxidation sites excluding steroid dienone is 2. The predicted molar refractivity (Wildman–Crippen MR) is 78.7 cm³/mol. The average Bonchev–Trinajstić information content (AvgIpc) is 1.91. The molecule has 92 valence electrons. The van der Waals surface area contributed by atoms with Crippen LogP contribution >= 0.6 is 10.9 Å². The third-order valence-electron chi connectivity index (χ3n) is 0.474. The predicted octanol–water partition coefficient (Wildman–Crippen LogP) is 4.30. The summed E-state index contributed by atoms with van der Waals surface area (Å²) in [6, 6.07) is 0. The summed E-state index contributed by atoms with van der Waals surface area (Å²) in [5.74, 6) is -1.88. The number of rotatable bonds is 0. The van der Waals surface area contributed by atoms with Gasteiger partial charge in [0.2, 0.25) is 11.7 Å². The van der Waals surface area contributed by atoms with E-state index in [0.29, 0.717) is 0 Å². The van der Waals surface area contributed by atoms with Gasteiger partial charge < -0.3 is 0 Å². The second-order valence-corrected chi connectivity index (χ2v) is 1.55. The van der Waals surface area contributed by atoms with Gasteiger partial charge in [-0.25, -0.2) is 0 Å². The van der Waals surface area contributed by atoms with Crippen molar-refractivity contribution in [3.63, 3.8) is 0 Å². The van der Waals surface area contributed by atoms with Gasteiger partial charge in [-0.05, 0) is 21.0 Å². The molecule has 0 N–H and O–H groups in total. The minimum atomic E-state index is -0.940. The van der Waals surface area contributed by atoms with Crippen molar-refractivity contribution in [2.24, 2.45) is 0 Å². The van der Waals surface area contributed by atoms with Gasteiger partial charge in [-0.15, -0.1) is 0 Å². The molecule has 0 amide bonds. The Morgan fingerprint density at radius 2 is 0.867 bits per heavy atom. The summed E-state index contributed by atoms with van der Waals surface area (Å²) in [6.07, 6.45) is 0. The summed E-state index contributed by atoms with van der Waals surface area (Å²) in [6.45, 7) is 0. The second kappa shape index (κ2) is 29.4. The van der Waals surface area contributed by atoms with E-state index in [9.17, 15) is 8.78 Å². The topological polar surface area (TPSA) is 0 Å². The Labute approximate surface area is 133 Å². The molecule has 1 aliphatic heterocycles. The van der Waals surface area contributed by atoms with Crippen LogP contribution in [0.1, 0.15) is 44.6 Å². The zero-order chi connectivity index (χ0) is 5.28. The first-order valence-electron chi connectivity index (χ1n) is 1.54. The molecule has 0 aromatic heterocycles. The van der Waals surface area contributed by atoms with Crippen molar-refractivity contribution < 1.29 is 8.78 Å². The van der Waals surface area contributed by atoms with Crippen molar-refractivity contribution >= 4 is 68.8 Å². The fraction of sp³-hybridized carbons (Fsp3) is 0.600. The molecule has 0 saturated carbocycles. The fourth-order valence-electron chi connectivity index (χ4n) is 0.205. The summed E-state index contributed by atoms with van der Waals surface area (Å²) >= 11 is 0. The summed E-state index contributed by atoms with van der Waals surface area (Å²) in [5.41, 5.74) is 0. The van der Waals surface area contributed by atoms with Crippen molar-refractivity contribution in [2.75, 3.05) is 0 Å². The van der Waals surface area contributed by atoms with Crippen LogP contribution in [0.3, 0.4) is 0 Å². The maximum atomic E-state index is 11.6. The summed E-state index contributed by atoms with van der Waals surface area (Å²) in [4.78, 5) is 0. The first-order chi connectivity index (χ1) is 3.30. The van der Waals surface area contributed by atoms with Gasteiger partial charge >= 0.3 is 0 Å². The average molecular weight is 452 g/mol. The molecule has 0 unspecified atom stereocenters. The Morgan fingerprint density at radius 3 is 0.933 bits per heavy atom. The quantitative estimate of drug-likeness (QED) is 0.381. The van der Waals surface area contributed by atoms with Crippen LogP contribution in [-0.2, 0) is 0 Å². The van der Waals surface area contributed by atoms with Crippen LogP contribution in [0.25, 0.3) is 0 Å². The summed E-state index contributed by atoms with van der Waals surface area (Å²) in [5, 5.41) is 4.03. The Balaban J connectivity index is -0.0000000102. The van der Waals surface area contributed by atoms with Crippen LogP contribution in [0.15, 0.2) is 11.7 Å². The van der Waals surface area contributed by atoms with Crippen LogP contribution in [0.5, 0.6) is 0 Å². The maximum absolute atomic E-state index is 11.6. The molecule has 0 nitrogen and oxygen atoms in total. The van der Waals surface area contributed by atoms with Crippen LogP contribution in [0.4, 0.5) is 8.78 Å². The third kappa shape index (κ3) is 20.9. The fourth-order valence-corrected chi connectivity index (χ4v) is 0.614. The van der Waals surface area contributed by atoms with Crippen LogP contribution < -0.4 is 0 Å². The van der Waals surface area contributed by atoms with Crippen LogP contribution in [0, 0.1) is 0 Å². The van der Waals surface area contributed by atoms with Crippen molar-refractivity contribution in [3.05, 3.63) is 11.7 Å². The van der Waals surface area contributed by atoms with Gasteiger partial charge in [0.25, 0.3) is 0 Å². The van der Waals surface area contributed by atoms with Crippen molar-refractivity contribution in [2.45, 2.75) is 44.6 Å². The van der Waals surface area contributed by atoms with Gasteiger partial charge in [0, 0.05) is 47.8 Å². The van der Waals surface area contributed by atoms with Gasteiger partial charge in [-0.3, -0.25) is 0 Å². The normalized spacial score (nSPS) is 7.33. The number of hydrogen-bond acceptors (Lipinski definition) is 0. The largest absolute Gasteiger partial charge is 0.220 e. The zero-order valence-corrected chi connectivity index (χ0v) is 10.7. The molecule has 15 heavy (non-hydrogen) atoms. The minimum Gasteiger partial charge on any atom is -0.193 e. The van der Waals surface area contributed by atoms with E-state index < -0.39 is 11.7 Å². The first-order valence-corrected chi connectivity index (χ1v) is 2.35. The number of halogens is 2. The Bertz CT molecular complexity index is 212. The van der Waals surface area contributed by atoms with Gasteiger partial charge in [0.05, 0.1) is 0 Å². The molecule has 0 atom stereocenters. The molecule has 0 spiro atoms. The maximum Gasteiger partial charge on any atom is 0.220 e. The van der Waals surface area contributed by atoms with Gasteiger partial charge in [0.1, 0.15) is 0 Å². The molecular weight excluding hydrogens is 428 g/mol. The standard InChI is InChI=1S/C4F2S.6CH4.2Sn/c5-3-1-7-2-4(3)6;;;;;;;;/h;6*1H4;;. The molecule has 0 aliphatic carbocycles. The van der Waals surface area contributed by atoms with E-state index in [2.05, 4.69) is 0 Å². The van der Waals surface area contributed by atoms with Crippen molar-refractivity contribution in [3.8, 4) is 0 Å². The van der Waals surface area contributed by atoms with Crippen LogP contribution in [0.2, 0.25) is 0 Å². The Morgan fingerprint density at radius 1 is 0.667 bits per heavy atom. The van der Waals surface area contributed by atoms with E-state index >= 15 is 0 Å². The van der Waals surface area contributed by atoms with Gasteiger partial charge in [0.15, 0.2) is 0 Å². The monoisotopic (exact) mass is 454 g/mol. The molecule has 0 aromatic rings. The van der Waals surface area contributed by atoms with Crippen LogP contribution in [-0.4, -0.2) is 57.9 Å². The van der Waals surface area contributed by atoms with E-state index in [1.54, 1.807) is 0 Å². The molecule has 0 fully saturated rings. The molecule has 0 aromatic carbocycles. The SMILES string of the molecule is C.C.C.C.C.C.FC1=C=S=C=C1F.[Sn].[Sn]. The molecule has 1 rings (SSSR count). The molecule has 0 saturated heterocycles. The van der Waals surface area contributed by atoms with Crippen molar-refractivity contribution in [1.82, 2.24) is 0 Å². The van der Waals surface area contributed by atoms with Gasteiger partial charge in [-0.2, -0.15) is 8.78 Å². The summed E-state index contributed by atoms with van der Waals surface area (Å²) < 4.78 is 23.3. The zero-order valence-electron chi connectivity index (χ0n) is 4.16. The molecule has 1 aliphatic rings. The smallest absolute Gasteiger partial charge is 0.193 e. The van der Waals surface area contributed by atoms with E-state index in [4.69, 9.17) is 0 Å². The molecule has 8 radical (unpaired) electrons. The molecule has 1 heterocycles. The second-order valence-electron chi connectivity index (χ2n) is 0.934. The molecule has 5 heteroatoms. The molecule has 0 bridgehead atoms. The van der Waals surface area contributed by atoms with Gasteiger partial charge in [-0.1, -0.05) is 44.6 Å². The van der Waals surface area contributed by atoms with E-state index in [1.807, 2.05) is 10.0 Å². The van der Waals surface area contributed by atoms with Crippen molar-refractivity contribution in [1.29, 1.82) is 0 Å². The Hall–Kier alpha value is 0.977. The van der Waals surface area contributed by atoms with E-state index in [-0.39, 0.29) is 92.4 Å². The first kappa shape index (κ1) is 56.3. The Kier molecular flexibility index (Phi) is 110. The van der Waals surface area contributed by atoms with E-state index in [0.717, 1.165) is 10.9 Å². The minimum absolute atomic E-state index is 0. The van der Waals surface area contributed by atoms with E-state index in [1.165, 1.54) is 0 Å². The third-order valence-corrected chi connectivity index (χ3v) is 1.04. The number of hydrogen-bond donors (Lipinski definition) is 0. The summed E-state index contributed by atoms with van der Waals surface area (Å²) in [7, 11) is 0.766.